The lowest BCUT2D eigenvalue weighted by atomic mass is 9.72. The van der Waals surface area contributed by atoms with Crippen molar-refractivity contribution in [1.82, 2.24) is 4.98 Å². The molecule has 1 aliphatic heterocycles. The van der Waals surface area contributed by atoms with Crippen molar-refractivity contribution in [3.05, 3.63) is 42.4 Å². The van der Waals surface area contributed by atoms with Gasteiger partial charge in [-0.25, -0.2) is 0 Å². The van der Waals surface area contributed by atoms with E-state index in [1.54, 1.807) is 0 Å². The number of nitrogens with zero attached hydrogens (tertiary/aromatic N) is 2. The summed E-state index contributed by atoms with van der Waals surface area (Å²) in [5.74, 6) is 0. The van der Waals surface area contributed by atoms with Crippen molar-refractivity contribution in [3.63, 3.8) is 0 Å². The summed E-state index contributed by atoms with van der Waals surface area (Å²) in [6.07, 6.45) is 23.6. The van der Waals surface area contributed by atoms with Crippen molar-refractivity contribution in [3.8, 4) is 0 Å². The predicted molar refractivity (Wildman–Crippen MR) is 114 cm³/mol. The van der Waals surface area contributed by atoms with Gasteiger partial charge in [-0.2, -0.15) is 0 Å². The second kappa shape index (κ2) is 12.0. The maximum absolute atomic E-state index is 4.68. The highest BCUT2D eigenvalue weighted by Crippen LogP contribution is 2.40. The summed E-state index contributed by atoms with van der Waals surface area (Å²) in [5.41, 5.74) is 2.53. The Morgan fingerprint density at radius 3 is 2.08 bits per heavy atom. The molecule has 2 heterocycles. The van der Waals surface area contributed by atoms with E-state index in [0.29, 0.717) is 5.41 Å². The molecule has 0 saturated heterocycles. The summed E-state index contributed by atoms with van der Waals surface area (Å²) in [6.45, 7) is 4.58. The summed E-state index contributed by atoms with van der Waals surface area (Å²) in [5, 5.41) is 0. The fraction of sp³-hybridized carbons (Fsp3) is 0.667. The summed E-state index contributed by atoms with van der Waals surface area (Å²) < 4.78 is 0. The van der Waals surface area contributed by atoms with Crippen LogP contribution in [0, 0.1) is 5.41 Å². The van der Waals surface area contributed by atoms with Gasteiger partial charge in [0.1, 0.15) is 0 Å². The van der Waals surface area contributed by atoms with Gasteiger partial charge in [0.05, 0.1) is 11.4 Å². The first-order chi connectivity index (χ1) is 12.8. The molecule has 0 amide bonds. The molecule has 1 aromatic rings. The van der Waals surface area contributed by atoms with E-state index in [0.717, 1.165) is 12.1 Å². The standard InChI is InChI=1S/C24H38N2/c1-3-5-7-9-12-16-24(17-13-10-8-6-4-2)18-20-26-23(21-24)22-15-11-14-19-25-22/h11,14-15,18-20H,3-10,12-13,16-17,21H2,1-2H3. The SMILES string of the molecule is CCCCCCCC1(CCCCCCC)C=CN=C(c2ccccn2)C1. The van der Waals surface area contributed by atoms with E-state index in [-0.39, 0.29) is 0 Å². The van der Waals surface area contributed by atoms with Crippen LogP contribution in [-0.4, -0.2) is 10.7 Å². The lowest BCUT2D eigenvalue weighted by Gasteiger charge is -2.33. The van der Waals surface area contributed by atoms with Crippen LogP contribution >= 0.6 is 0 Å². The lowest BCUT2D eigenvalue weighted by Crippen LogP contribution is -2.26. The second-order valence-corrected chi connectivity index (χ2v) is 7.97. The Bertz CT molecular complexity index is 531. The zero-order valence-electron chi connectivity index (χ0n) is 17.1. The molecule has 0 bridgehead atoms. The topological polar surface area (TPSA) is 25.2 Å². The summed E-state index contributed by atoms with van der Waals surface area (Å²) >= 11 is 0. The van der Waals surface area contributed by atoms with E-state index in [9.17, 15) is 0 Å². The molecule has 26 heavy (non-hydrogen) atoms. The average molecular weight is 355 g/mol. The van der Waals surface area contributed by atoms with Crippen molar-refractivity contribution in [2.24, 2.45) is 10.4 Å². The normalized spacial score (nSPS) is 15.8. The molecule has 2 heteroatoms. The van der Waals surface area contributed by atoms with Gasteiger partial charge in [0.15, 0.2) is 0 Å². The first-order valence-corrected chi connectivity index (χ1v) is 11.0. The molecule has 1 aromatic heterocycles. The number of allylic oxidation sites excluding steroid dienone is 1. The quantitative estimate of drug-likeness (QED) is 0.337. The Balaban J connectivity index is 1.96. The fourth-order valence-electron chi connectivity index (χ4n) is 4.04. The Hall–Kier alpha value is -1.44. The first-order valence-electron chi connectivity index (χ1n) is 11.0. The van der Waals surface area contributed by atoms with Gasteiger partial charge in [-0.05, 0) is 30.4 Å². The predicted octanol–water partition coefficient (Wildman–Crippen LogP) is 7.50. The molecular formula is C24H38N2. The smallest absolute Gasteiger partial charge is 0.0844 e. The zero-order valence-corrected chi connectivity index (χ0v) is 17.1. The largest absolute Gasteiger partial charge is 0.259 e. The van der Waals surface area contributed by atoms with Gasteiger partial charge in [0, 0.05) is 18.8 Å². The number of hydrogen-bond acceptors (Lipinski definition) is 2. The number of pyridine rings is 1. The first kappa shape index (κ1) is 20.9. The molecule has 144 valence electrons. The molecule has 0 radical (unpaired) electrons. The minimum Gasteiger partial charge on any atom is -0.259 e. The summed E-state index contributed by atoms with van der Waals surface area (Å²) in [4.78, 5) is 9.23. The van der Waals surface area contributed by atoms with Crippen molar-refractivity contribution in [2.45, 2.75) is 97.3 Å². The Morgan fingerprint density at radius 2 is 1.50 bits per heavy atom. The van der Waals surface area contributed by atoms with Gasteiger partial charge in [-0.15, -0.1) is 0 Å². The Labute approximate surface area is 161 Å². The number of aromatic nitrogens is 1. The maximum Gasteiger partial charge on any atom is 0.0844 e. The van der Waals surface area contributed by atoms with E-state index >= 15 is 0 Å². The second-order valence-electron chi connectivity index (χ2n) is 7.97. The minimum absolute atomic E-state index is 0.299. The van der Waals surface area contributed by atoms with Crippen molar-refractivity contribution in [2.75, 3.05) is 0 Å². The summed E-state index contributed by atoms with van der Waals surface area (Å²) in [6, 6.07) is 6.16. The zero-order chi connectivity index (χ0) is 18.5. The van der Waals surface area contributed by atoms with Crippen LogP contribution in [0.15, 0.2) is 41.7 Å². The van der Waals surface area contributed by atoms with E-state index in [1.807, 2.05) is 12.3 Å². The molecule has 2 rings (SSSR count). The average Bonchev–Trinajstić information content (AvgIpc) is 2.69. The third-order valence-corrected chi connectivity index (χ3v) is 5.69. The van der Waals surface area contributed by atoms with E-state index in [4.69, 9.17) is 0 Å². The molecule has 0 spiro atoms. The van der Waals surface area contributed by atoms with Crippen molar-refractivity contribution >= 4 is 5.71 Å². The van der Waals surface area contributed by atoms with Crippen LogP contribution in [-0.2, 0) is 0 Å². The fourth-order valence-corrected chi connectivity index (χ4v) is 4.04. The lowest BCUT2D eigenvalue weighted by molar-refractivity contribution is 0.304. The van der Waals surface area contributed by atoms with E-state index in [2.05, 4.69) is 48.2 Å². The monoisotopic (exact) mass is 354 g/mol. The van der Waals surface area contributed by atoms with Gasteiger partial charge in [0.25, 0.3) is 0 Å². The van der Waals surface area contributed by atoms with Crippen molar-refractivity contribution < 1.29 is 0 Å². The van der Waals surface area contributed by atoms with E-state index < -0.39 is 0 Å². The van der Waals surface area contributed by atoms with Gasteiger partial charge in [-0.1, -0.05) is 90.2 Å². The highest BCUT2D eigenvalue weighted by Gasteiger charge is 2.30. The highest BCUT2D eigenvalue weighted by molar-refractivity contribution is 6.00. The van der Waals surface area contributed by atoms with Gasteiger partial charge < -0.3 is 0 Å². The molecule has 1 aliphatic rings. The Kier molecular flexibility index (Phi) is 9.66. The number of unbranched alkanes of at least 4 members (excludes halogenated alkanes) is 8. The molecule has 0 fully saturated rings. The highest BCUT2D eigenvalue weighted by atomic mass is 14.8. The van der Waals surface area contributed by atoms with Gasteiger partial charge >= 0.3 is 0 Å². The molecule has 0 aromatic carbocycles. The molecular weight excluding hydrogens is 316 g/mol. The van der Waals surface area contributed by atoms with Gasteiger partial charge in [0.2, 0.25) is 0 Å². The third-order valence-electron chi connectivity index (χ3n) is 5.69. The Morgan fingerprint density at radius 1 is 0.846 bits per heavy atom. The maximum atomic E-state index is 4.68. The molecule has 0 saturated carbocycles. The number of hydrogen-bond donors (Lipinski definition) is 0. The molecule has 2 nitrogen and oxygen atoms in total. The number of aliphatic imine (C=N–C) groups is 1. The van der Waals surface area contributed by atoms with Crippen LogP contribution in [0.2, 0.25) is 0 Å². The minimum atomic E-state index is 0.299. The van der Waals surface area contributed by atoms with Crippen LogP contribution in [0.5, 0.6) is 0 Å². The summed E-state index contributed by atoms with van der Waals surface area (Å²) in [7, 11) is 0. The van der Waals surface area contributed by atoms with Crippen LogP contribution < -0.4 is 0 Å². The molecule has 0 N–H and O–H groups in total. The van der Waals surface area contributed by atoms with Crippen LogP contribution in [0.3, 0.4) is 0 Å². The van der Waals surface area contributed by atoms with E-state index in [1.165, 1.54) is 82.8 Å². The van der Waals surface area contributed by atoms with Crippen LogP contribution in [0.4, 0.5) is 0 Å². The number of rotatable bonds is 13. The van der Waals surface area contributed by atoms with Crippen LogP contribution in [0.25, 0.3) is 0 Å². The molecule has 0 aliphatic carbocycles. The van der Waals surface area contributed by atoms with Crippen LogP contribution in [0.1, 0.15) is 103 Å². The van der Waals surface area contributed by atoms with Crippen molar-refractivity contribution in [1.29, 1.82) is 0 Å². The third kappa shape index (κ3) is 7.05. The molecule has 0 unspecified atom stereocenters. The molecule has 0 atom stereocenters. The van der Waals surface area contributed by atoms with Gasteiger partial charge in [-0.3, -0.25) is 9.98 Å².